The Balaban J connectivity index is 1.82. The number of halogens is 3. The highest BCUT2D eigenvalue weighted by molar-refractivity contribution is 6.35. The summed E-state index contributed by atoms with van der Waals surface area (Å²) in [5.74, 6) is -0.744. The maximum absolute atomic E-state index is 11.9. The van der Waals surface area contributed by atoms with Gasteiger partial charge in [-0.25, -0.2) is 4.79 Å². The summed E-state index contributed by atoms with van der Waals surface area (Å²) >= 11 is 17.5. The lowest BCUT2D eigenvalue weighted by molar-refractivity contribution is -0.144. The summed E-state index contributed by atoms with van der Waals surface area (Å²) in [6, 6.07) is 11.0. The molecule has 2 rings (SSSR count). The monoisotopic (exact) mass is 372 g/mol. The third kappa shape index (κ3) is 5.43. The van der Waals surface area contributed by atoms with E-state index in [0.29, 0.717) is 21.4 Å². The third-order valence-corrected chi connectivity index (χ3v) is 3.52. The summed E-state index contributed by atoms with van der Waals surface area (Å²) in [5.41, 5.74) is 0.368. The van der Waals surface area contributed by atoms with Crippen LogP contribution in [0.25, 0.3) is 0 Å². The van der Waals surface area contributed by atoms with Crippen molar-refractivity contribution in [2.75, 3.05) is 13.2 Å². The largest absolute Gasteiger partial charge is 0.480 e. The molecule has 4 nitrogen and oxygen atoms in total. The van der Waals surface area contributed by atoms with E-state index >= 15 is 0 Å². The molecule has 0 amide bonds. The summed E-state index contributed by atoms with van der Waals surface area (Å²) in [6.07, 6.45) is 0. The zero-order chi connectivity index (χ0) is 16.8. The van der Waals surface area contributed by atoms with Crippen LogP contribution in [-0.4, -0.2) is 25.0 Å². The van der Waals surface area contributed by atoms with Gasteiger partial charge in [-0.2, -0.15) is 0 Å². The summed E-state index contributed by atoms with van der Waals surface area (Å²) in [7, 11) is 0. The van der Waals surface area contributed by atoms with Crippen LogP contribution in [0.3, 0.4) is 0 Å². The number of Topliss-reactive ketones (excluding diaryl/α,β-unsaturated/α-hetero) is 1. The van der Waals surface area contributed by atoms with Crippen LogP contribution < -0.4 is 4.74 Å². The fourth-order valence-electron chi connectivity index (χ4n) is 1.66. The Kier molecular flexibility index (Phi) is 6.28. The Morgan fingerprint density at radius 1 is 0.913 bits per heavy atom. The SMILES string of the molecule is O=C(COc1ccc(Cl)cc1Cl)OCC(=O)c1cccc(Cl)c1. The van der Waals surface area contributed by atoms with Crippen molar-refractivity contribution >= 4 is 46.6 Å². The molecular weight excluding hydrogens is 363 g/mol. The van der Waals surface area contributed by atoms with E-state index in [0.717, 1.165) is 0 Å². The molecular formula is C16H11Cl3O4. The number of hydrogen-bond donors (Lipinski definition) is 0. The number of rotatable bonds is 6. The lowest BCUT2D eigenvalue weighted by atomic mass is 10.1. The number of ketones is 1. The van der Waals surface area contributed by atoms with Crippen molar-refractivity contribution in [1.29, 1.82) is 0 Å². The molecule has 0 spiro atoms. The normalized spacial score (nSPS) is 10.2. The molecule has 0 aliphatic heterocycles. The fraction of sp³-hybridized carbons (Fsp3) is 0.125. The van der Waals surface area contributed by atoms with E-state index in [1.165, 1.54) is 18.2 Å². The Hall–Kier alpha value is -1.75. The van der Waals surface area contributed by atoms with Crippen LogP contribution in [0.5, 0.6) is 5.75 Å². The maximum atomic E-state index is 11.9. The van der Waals surface area contributed by atoms with Gasteiger partial charge in [-0.3, -0.25) is 4.79 Å². The van der Waals surface area contributed by atoms with Crippen molar-refractivity contribution in [3.05, 3.63) is 63.1 Å². The molecule has 2 aromatic rings. The van der Waals surface area contributed by atoms with Crippen molar-refractivity contribution in [2.45, 2.75) is 0 Å². The lowest BCUT2D eigenvalue weighted by Gasteiger charge is -2.08. The van der Waals surface area contributed by atoms with Crippen LogP contribution in [0.2, 0.25) is 15.1 Å². The molecule has 0 fully saturated rings. The van der Waals surface area contributed by atoms with Gasteiger partial charge in [-0.15, -0.1) is 0 Å². The predicted molar refractivity (Wildman–Crippen MR) is 88.7 cm³/mol. The Labute approximate surface area is 147 Å². The molecule has 0 atom stereocenters. The van der Waals surface area contributed by atoms with Gasteiger partial charge in [0.1, 0.15) is 5.75 Å². The second kappa shape index (κ2) is 8.20. The maximum Gasteiger partial charge on any atom is 0.344 e. The van der Waals surface area contributed by atoms with Crippen LogP contribution in [-0.2, 0) is 9.53 Å². The third-order valence-electron chi connectivity index (χ3n) is 2.75. The molecule has 7 heteroatoms. The van der Waals surface area contributed by atoms with E-state index in [9.17, 15) is 9.59 Å². The number of ether oxygens (including phenoxy) is 2. The first-order chi connectivity index (χ1) is 11.0. The minimum atomic E-state index is -0.689. The summed E-state index contributed by atoms with van der Waals surface area (Å²) in [6.45, 7) is -0.763. The first-order valence-electron chi connectivity index (χ1n) is 6.48. The van der Waals surface area contributed by atoms with Crippen LogP contribution >= 0.6 is 34.8 Å². The van der Waals surface area contributed by atoms with Crippen molar-refractivity contribution in [1.82, 2.24) is 0 Å². The lowest BCUT2D eigenvalue weighted by Crippen LogP contribution is -2.19. The summed E-state index contributed by atoms with van der Waals surface area (Å²) in [4.78, 5) is 23.5. The second-order valence-electron chi connectivity index (χ2n) is 4.46. The minimum Gasteiger partial charge on any atom is -0.480 e. The Morgan fingerprint density at radius 2 is 1.65 bits per heavy atom. The zero-order valence-corrected chi connectivity index (χ0v) is 14.0. The summed E-state index contributed by atoms with van der Waals surface area (Å²) in [5, 5.41) is 1.17. The van der Waals surface area contributed by atoms with E-state index in [-0.39, 0.29) is 17.4 Å². The molecule has 0 N–H and O–H groups in total. The molecule has 0 radical (unpaired) electrons. The highest BCUT2D eigenvalue weighted by Gasteiger charge is 2.12. The topological polar surface area (TPSA) is 52.6 Å². The first kappa shape index (κ1) is 17.6. The van der Waals surface area contributed by atoms with Crippen molar-refractivity contribution < 1.29 is 19.1 Å². The van der Waals surface area contributed by atoms with Crippen LogP contribution in [0.15, 0.2) is 42.5 Å². The van der Waals surface area contributed by atoms with Gasteiger partial charge < -0.3 is 9.47 Å². The van der Waals surface area contributed by atoms with Crippen LogP contribution in [0.4, 0.5) is 0 Å². The van der Waals surface area contributed by atoms with E-state index < -0.39 is 12.6 Å². The quantitative estimate of drug-likeness (QED) is 0.554. The predicted octanol–water partition coefficient (Wildman–Crippen LogP) is 4.45. The van der Waals surface area contributed by atoms with E-state index in [2.05, 4.69) is 0 Å². The summed E-state index contributed by atoms with van der Waals surface area (Å²) < 4.78 is 10.1. The molecule has 23 heavy (non-hydrogen) atoms. The molecule has 0 unspecified atom stereocenters. The number of esters is 1. The molecule has 0 aliphatic rings. The zero-order valence-electron chi connectivity index (χ0n) is 11.7. The van der Waals surface area contributed by atoms with Crippen LogP contribution in [0, 0.1) is 0 Å². The molecule has 0 bridgehead atoms. The molecule has 120 valence electrons. The highest BCUT2D eigenvalue weighted by Crippen LogP contribution is 2.27. The van der Waals surface area contributed by atoms with Gasteiger partial charge in [0.05, 0.1) is 5.02 Å². The van der Waals surface area contributed by atoms with Gasteiger partial charge in [0.25, 0.3) is 0 Å². The molecule has 0 saturated heterocycles. The van der Waals surface area contributed by atoms with E-state index in [1.807, 2.05) is 0 Å². The Morgan fingerprint density at radius 3 is 2.35 bits per heavy atom. The van der Waals surface area contributed by atoms with Crippen molar-refractivity contribution in [3.8, 4) is 5.75 Å². The van der Waals surface area contributed by atoms with Gasteiger partial charge in [0.2, 0.25) is 0 Å². The second-order valence-corrected chi connectivity index (χ2v) is 5.74. The smallest absolute Gasteiger partial charge is 0.344 e. The van der Waals surface area contributed by atoms with Crippen LogP contribution in [0.1, 0.15) is 10.4 Å². The number of hydrogen-bond acceptors (Lipinski definition) is 4. The van der Waals surface area contributed by atoms with Gasteiger partial charge >= 0.3 is 5.97 Å². The minimum absolute atomic E-state index is 0.278. The average molecular weight is 374 g/mol. The number of carbonyl (C=O) groups excluding carboxylic acids is 2. The molecule has 0 saturated carbocycles. The number of carbonyl (C=O) groups is 2. The molecule has 0 heterocycles. The standard InChI is InChI=1S/C16H11Cl3O4/c17-11-3-1-2-10(6-11)14(20)8-23-16(21)9-22-15-5-4-12(18)7-13(15)19/h1-7H,8-9H2. The highest BCUT2D eigenvalue weighted by atomic mass is 35.5. The molecule has 0 aliphatic carbocycles. The van der Waals surface area contributed by atoms with Gasteiger partial charge in [0, 0.05) is 15.6 Å². The van der Waals surface area contributed by atoms with E-state index in [4.69, 9.17) is 44.3 Å². The molecule has 2 aromatic carbocycles. The van der Waals surface area contributed by atoms with Gasteiger partial charge in [0.15, 0.2) is 19.0 Å². The fourth-order valence-corrected chi connectivity index (χ4v) is 2.32. The average Bonchev–Trinajstić information content (AvgIpc) is 2.51. The van der Waals surface area contributed by atoms with Gasteiger partial charge in [-0.1, -0.05) is 46.9 Å². The Bertz CT molecular complexity index is 731. The van der Waals surface area contributed by atoms with Crippen molar-refractivity contribution in [3.63, 3.8) is 0 Å². The van der Waals surface area contributed by atoms with Crippen molar-refractivity contribution in [2.24, 2.45) is 0 Å². The van der Waals surface area contributed by atoms with Gasteiger partial charge in [-0.05, 0) is 30.3 Å². The van der Waals surface area contributed by atoms with E-state index in [1.54, 1.807) is 24.3 Å². The molecule has 0 aromatic heterocycles. The number of benzene rings is 2. The first-order valence-corrected chi connectivity index (χ1v) is 7.61.